The average molecular weight is 318 g/mol. The molecule has 128 valence electrons. The molecule has 1 saturated heterocycles. The Morgan fingerprint density at radius 3 is 2.48 bits per heavy atom. The van der Waals surface area contributed by atoms with E-state index in [9.17, 15) is 0 Å². The number of nitrogens with zero attached hydrogens (tertiary/aromatic N) is 2. The third-order valence-electron chi connectivity index (χ3n) is 3.99. The van der Waals surface area contributed by atoms with E-state index in [0.29, 0.717) is 6.61 Å². The minimum Gasteiger partial charge on any atom is -0.494 e. The molecule has 23 heavy (non-hydrogen) atoms. The average Bonchev–Trinajstić information content (AvgIpc) is 3.11. The van der Waals surface area contributed by atoms with Crippen LogP contribution in [0.5, 0.6) is 5.75 Å². The number of rotatable bonds is 9. The first-order valence-electron chi connectivity index (χ1n) is 8.73. The number of aliphatic imine (C=N–C) groups is 1. The van der Waals surface area contributed by atoms with Crippen LogP contribution in [0.15, 0.2) is 35.3 Å². The minimum atomic E-state index is 0.711. The van der Waals surface area contributed by atoms with Gasteiger partial charge < -0.3 is 20.3 Å². The molecular formula is C18H30N4O. The van der Waals surface area contributed by atoms with Gasteiger partial charge in [-0.2, -0.15) is 0 Å². The number of guanidine groups is 1. The fourth-order valence-corrected chi connectivity index (χ4v) is 2.72. The Kier molecular flexibility index (Phi) is 8.33. The molecule has 1 aromatic rings. The van der Waals surface area contributed by atoms with Crippen molar-refractivity contribution in [3.8, 4) is 5.75 Å². The van der Waals surface area contributed by atoms with Gasteiger partial charge >= 0.3 is 0 Å². The van der Waals surface area contributed by atoms with Crippen LogP contribution >= 0.6 is 0 Å². The van der Waals surface area contributed by atoms with Crippen molar-refractivity contribution in [3.63, 3.8) is 0 Å². The summed E-state index contributed by atoms with van der Waals surface area (Å²) < 4.78 is 5.67. The standard InChI is InChI=1S/C18H30N4O/c1-19-18(20-11-7-15-22-13-5-6-14-22)21-12-8-16-23-17-9-3-2-4-10-17/h2-4,9-10H,5-8,11-16H2,1H3,(H2,19,20,21). The third kappa shape index (κ3) is 7.37. The Morgan fingerprint density at radius 1 is 1.09 bits per heavy atom. The van der Waals surface area contributed by atoms with Crippen LogP contribution in [0, 0.1) is 0 Å². The Morgan fingerprint density at radius 2 is 1.78 bits per heavy atom. The second kappa shape index (κ2) is 10.9. The zero-order valence-electron chi connectivity index (χ0n) is 14.3. The molecule has 1 heterocycles. The van der Waals surface area contributed by atoms with Crippen molar-refractivity contribution < 1.29 is 4.74 Å². The molecule has 5 heteroatoms. The molecule has 1 aliphatic heterocycles. The first-order valence-corrected chi connectivity index (χ1v) is 8.73. The van der Waals surface area contributed by atoms with E-state index in [0.717, 1.165) is 37.6 Å². The Balaban J connectivity index is 1.47. The van der Waals surface area contributed by atoms with Gasteiger partial charge in [-0.3, -0.25) is 4.99 Å². The lowest BCUT2D eigenvalue weighted by molar-refractivity contribution is 0.311. The molecular weight excluding hydrogens is 288 g/mol. The highest BCUT2D eigenvalue weighted by atomic mass is 16.5. The molecule has 1 aromatic carbocycles. The van der Waals surface area contributed by atoms with E-state index in [2.05, 4.69) is 20.5 Å². The lowest BCUT2D eigenvalue weighted by atomic mass is 10.3. The molecule has 0 unspecified atom stereocenters. The van der Waals surface area contributed by atoms with E-state index in [-0.39, 0.29) is 0 Å². The lowest BCUT2D eigenvalue weighted by Gasteiger charge is -2.16. The number of benzene rings is 1. The van der Waals surface area contributed by atoms with Gasteiger partial charge in [0.15, 0.2) is 5.96 Å². The summed E-state index contributed by atoms with van der Waals surface area (Å²) in [6, 6.07) is 9.93. The maximum Gasteiger partial charge on any atom is 0.190 e. The maximum absolute atomic E-state index is 5.67. The molecule has 0 aromatic heterocycles. The Bertz CT molecular complexity index is 444. The van der Waals surface area contributed by atoms with Crippen molar-refractivity contribution in [2.75, 3.05) is 46.4 Å². The van der Waals surface area contributed by atoms with Gasteiger partial charge in [-0.05, 0) is 57.5 Å². The van der Waals surface area contributed by atoms with Gasteiger partial charge in [0.1, 0.15) is 5.75 Å². The van der Waals surface area contributed by atoms with E-state index in [4.69, 9.17) is 4.74 Å². The topological polar surface area (TPSA) is 48.9 Å². The van der Waals surface area contributed by atoms with Crippen molar-refractivity contribution >= 4 is 5.96 Å². The number of hydrogen-bond donors (Lipinski definition) is 2. The Hall–Kier alpha value is -1.75. The summed E-state index contributed by atoms with van der Waals surface area (Å²) >= 11 is 0. The van der Waals surface area contributed by atoms with Crippen LogP contribution in [-0.2, 0) is 0 Å². The molecule has 0 amide bonds. The van der Waals surface area contributed by atoms with Crippen LogP contribution in [-0.4, -0.2) is 57.2 Å². The fraction of sp³-hybridized carbons (Fsp3) is 0.611. The first kappa shape index (κ1) is 17.6. The molecule has 1 fully saturated rings. The molecule has 0 saturated carbocycles. The van der Waals surface area contributed by atoms with Crippen molar-refractivity contribution in [1.29, 1.82) is 0 Å². The molecule has 0 aliphatic carbocycles. The zero-order chi connectivity index (χ0) is 16.2. The van der Waals surface area contributed by atoms with Crippen molar-refractivity contribution in [2.45, 2.75) is 25.7 Å². The van der Waals surface area contributed by atoms with Crippen LogP contribution in [0.3, 0.4) is 0 Å². The molecule has 0 atom stereocenters. The minimum absolute atomic E-state index is 0.711. The van der Waals surface area contributed by atoms with E-state index < -0.39 is 0 Å². The molecule has 1 aliphatic rings. The van der Waals surface area contributed by atoms with Gasteiger partial charge in [0.2, 0.25) is 0 Å². The second-order valence-corrected chi connectivity index (χ2v) is 5.84. The summed E-state index contributed by atoms with van der Waals surface area (Å²) in [5.41, 5.74) is 0. The summed E-state index contributed by atoms with van der Waals surface area (Å²) in [6.45, 7) is 6.27. The second-order valence-electron chi connectivity index (χ2n) is 5.84. The quantitative estimate of drug-likeness (QED) is 0.416. The van der Waals surface area contributed by atoms with Gasteiger partial charge in [0.05, 0.1) is 6.61 Å². The van der Waals surface area contributed by atoms with E-state index in [1.807, 2.05) is 37.4 Å². The number of para-hydroxylation sites is 1. The summed E-state index contributed by atoms with van der Waals surface area (Å²) in [4.78, 5) is 6.79. The summed E-state index contributed by atoms with van der Waals surface area (Å²) in [5, 5.41) is 6.70. The number of likely N-dealkylation sites (tertiary alicyclic amines) is 1. The normalized spacial score (nSPS) is 15.6. The molecule has 2 N–H and O–H groups in total. The van der Waals surface area contributed by atoms with Crippen molar-refractivity contribution in [2.24, 2.45) is 4.99 Å². The van der Waals surface area contributed by atoms with Crippen LogP contribution < -0.4 is 15.4 Å². The summed E-state index contributed by atoms with van der Waals surface area (Å²) in [6.07, 6.45) is 4.84. The van der Waals surface area contributed by atoms with Crippen LogP contribution in [0.1, 0.15) is 25.7 Å². The molecule has 0 radical (unpaired) electrons. The van der Waals surface area contributed by atoms with Gasteiger partial charge in [0.25, 0.3) is 0 Å². The smallest absolute Gasteiger partial charge is 0.190 e. The van der Waals surface area contributed by atoms with Crippen LogP contribution in [0.2, 0.25) is 0 Å². The van der Waals surface area contributed by atoms with E-state index in [1.54, 1.807) is 0 Å². The molecule has 5 nitrogen and oxygen atoms in total. The van der Waals surface area contributed by atoms with Gasteiger partial charge in [-0.25, -0.2) is 0 Å². The highest BCUT2D eigenvalue weighted by Gasteiger charge is 2.10. The summed E-state index contributed by atoms with van der Waals surface area (Å²) in [5.74, 6) is 1.81. The van der Waals surface area contributed by atoms with Gasteiger partial charge in [0, 0.05) is 20.1 Å². The SMILES string of the molecule is CN=C(NCCCOc1ccccc1)NCCCN1CCCC1. The molecule has 2 rings (SSSR count). The lowest BCUT2D eigenvalue weighted by Crippen LogP contribution is -2.39. The van der Waals surface area contributed by atoms with Crippen LogP contribution in [0.4, 0.5) is 0 Å². The Labute approximate surface area is 140 Å². The van der Waals surface area contributed by atoms with Crippen LogP contribution in [0.25, 0.3) is 0 Å². The van der Waals surface area contributed by atoms with E-state index in [1.165, 1.54) is 32.5 Å². The monoisotopic (exact) mass is 318 g/mol. The van der Waals surface area contributed by atoms with Gasteiger partial charge in [-0.15, -0.1) is 0 Å². The number of ether oxygens (including phenoxy) is 1. The molecule has 0 bridgehead atoms. The maximum atomic E-state index is 5.67. The number of hydrogen-bond acceptors (Lipinski definition) is 3. The zero-order valence-corrected chi connectivity index (χ0v) is 14.3. The van der Waals surface area contributed by atoms with E-state index >= 15 is 0 Å². The fourth-order valence-electron chi connectivity index (χ4n) is 2.72. The highest BCUT2D eigenvalue weighted by Crippen LogP contribution is 2.08. The predicted octanol–water partition coefficient (Wildman–Crippen LogP) is 2.11. The largest absolute Gasteiger partial charge is 0.494 e. The number of nitrogens with one attached hydrogen (secondary N) is 2. The van der Waals surface area contributed by atoms with Gasteiger partial charge in [-0.1, -0.05) is 18.2 Å². The molecule has 0 spiro atoms. The highest BCUT2D eigenvalue weighted by molar-refractivity contribution is 5.79. The third-order valence-corrected chi connectivity index (χ3v) is 3.99. The first-order chi connectivity index (χ1) is 11.4. The van der Waals surface area contributed by atoms with Crippen molar-refractivity contribution in [3.05, 3.63) is 30.3 Å². The predicted molar refractivity (Wildman–Crippen MR) is 96.2 cm³/mol. The van der Waals surface area contributed by atoms with Crippen molar-refractivity contribution in [1.82, 2.24) is 15.5 Å². The summed E-state index contributed by atoms with van der Waals surface area (Å²) in [7, 11) is 1.82.